The third-order valence-corrected chi connectivity index (χ3v) is 3.29. The summed E-state index contributed by atoms with van der Waals surface area (Å²) in [7, 11) is 0. The molecule has 1 atom stereocenters. The number of ether oxygens (including phenoxy) is 1. The Kier molecular flexibility index (Phi) is 5.49. The molecule has 0 aliphatic heterocycles. The minimum absolute atomic E-state index is 0.0723. The van der Waals surface area contributed by atoms with Gasteiger partial charge in [-0.3, -0.25) is 4.79 Å². The molecule has 1 saturated carbocycles. The first kappa shape index (κ1) is 12.0. The number of rotatable bonds is 5. The fourth-order valence-electron chi connectivity index (χ4n) is 2.17. The number of hydrogen-bond acceptors (Lipinski definition) is 2. The van der Waals surface area contributed by atoms with Gasteiger partial charge >= 0.3 is 0 Å². The molecule has 0 aromatic heterocycles. The second kappa shape index (κ2) is 6.41. The highest BCUT2D eigenvalue weighted by molar-refractivity contribution is 6.64. The third kappa shape index (κ3) is 3.58. The van der Waals surface area contributed by atoms with Gasteiger partial charge in [0.15, 0.2) is 0 Å². The molecular formula is C11H19ClO2. The highest BCUT2D eigenvalue weighted by Gasteiger charge is 2.28. The highest BCUT2D eigenvalue weighted by atomic mass is 35.5. The summed E-state index contributed by atoms with van der Waals surface area (Å²) in [6.07, 6.45) is 6.04. The molecule has 1 unspecified atom stereocenters. The van der Waals surface area contributed by atoms with E-state index >= 15 is 0 Å². The SMILES string of the molecule is CCOCC(C(=O)Cl)C1CCCCC1. The van der Waals surface area contributed by atoms with Crippen LogP contribution in [0.5, 0.6) is 0 Å². The van der Waals surface area contributed by atoms with E-state index in [1.807, 2.05) is 6.92 Å². The first-order valence-electron chi connectivity index (χ1n) is 5.52. The minimum atomic E-state index is -0.217. The van der Waals surface area contributed by atoms with E-state index in [0.717, 1.165) is 12.8 Å². The quantitative estimate of drug-likeness (QED) is 0.664. The molecule has 1 rings (SSSR count). The normalized spacial score (nSPS) is 20.7. The summed E-state index contributed by atoms with van der Waals surface area (Å²) in [6.45, 7) is 3.10. The Bertz CT molecular complexity index is 176. The van der Waals surface area contributed by atoms with E-state index in [4.69, 9.17) is 16.3 Å². The van der Waals surface area contributed by atoms with Gasteiger partial charge in [0.05, 0.1) is 12.5 Å². The zero-order valence-corrected chi connectivity index (χ0v) is 9.55. The molecule has 0 N–H and O–H groups in total. The summed E-state index contributed by atoms with van der Waals surface area (Å²) >= 11 is 5.59. The summed E-state index contributed by atoms with van der Waals surface area (Å²) < 4.78 is 5.30. The zero-order chi connectivity index (χ0) is 10.4. The van der Waals surface area contributed by atoms with Gasteiger partial charge in [0.2, 0.25) is 5.24 Å². The Balaban J connectivity index is 2.43. The summed E-state index contributed by atoms with van der Waals surface area (Å²) in [5, 5.41) is -0.217. The van der Waals surface area contributed by atoms with Crippen molar-refractivity contribution in [3.63, 3.8) is 0 Å². The number of carbonyl (C=O) groups is 1. The van der Waals surface area contributed by atoms with Crippen molar-refractivity contribution >= 4 is 16.8 Å². The average Bonchev–Trinajstić information content (AvgIpc) is 2.19. The van der Waals surface area contributed by atoms with Crippen LogP contribution in [0.15, 0.2) is 0 Å². The maximum atomic E-state index is 11.2. The van der Waals surface area contributed by atoms with Gasteiger partial charge < -0.3 is 4.74 Å². The molecule has 0 saturated heterocycles. The molecule has 0 aromatic rings. The molecule has 1 fully saturated rings. The molecule has 14 heavy (non-hydrogen) atoms. The minimum Gasteiger partial charge on any atom is -0.381 e. The second-order valence-corrected chi connectivity index (χ2v) is 4.34. The van der Waals surface area contributed by atoms with Gasteiger partial charge in [-0.15, -0.1) is 0 Å². The van der Waals surface area contributed by atoms with Crippen molar-refractivity contribution < 1.29 is 9.53 Å². The summed E-state index contributed by atoms with van der Waals surface area (Å²) in [5.41, 5.74) is 0. The number of carbonyl (C=O) groups excluding carboxylic acids is 1. The summed E-state index contributed by atoms with van der Waals surface area (Å²) in [5.74, 6) is 0.386. The number of hydrogen-bond donors (Lipinski definition) is 0. The summed E-state index contributed by atoms with van der Waals surface area (Å²) in [6, 6.07) is 0. The maximum Gasteiger partial charge on any atom is 0.227 e. The van der Waals surface area contributed by atoms with Gasteiger partial charge in [-0.1, -0.05) is 19.3 Å². The van der Waals surface area contributed by atoms with Crippen LogP contribution in [-0.2, 0) is 9.53 Å². The molecule has 0 spiro atoms. The van der Waals surface area contributed by atoms with Gasteiger partial charge in [-0.2, -0.15) is 0 Å². The van der Waals surface area contributed by atoms with Gasteiger partial charge in [-0.25, -0.2) is 0 Å². The van der Waals surface area contributed by atoms with Gasteiger partial charge in [0.1, 0.15) is 0 Å². The topological polar surface area (TPSA) is 26.3 Å². The van der Waals surface area contributed by atoms with Crippen LogP contribution in [-0.4, -0.2) is 18.5 Å². The van der Waals surface area contributed by atoms with Crippen molar-refractivity contribution in [2.24, 2.45) is 11.8 Å². The molecule has 0 bridgehead atoms. The predicted octanol–water partition coefficient (Wildman–Crippen LogP) is 2.98. The first-order valence-corrected chi connectivity index (χ1v) is 5.90. The molecule has 82 valence electrons. The van der Waals surface area contributed by atoms with Crippen molar-refractivity contribution in [3.05, 3.63) is 0 Å². The largest absolute Gasteiger partial charge is 0.381 e. The first-order chi connectivity index (χ1) is 6.75. The summed E-state index contributed by atoms with van der Waals surface area (Å²) in [4.78, 5) is 11.2. The molecule has 2 nitrogen and oxygen atoms in total. The Morgan fingerprint density at radius 2 is 2.07 bits per heavy atom. The van der Waals surface area contributed by atoms with Crippen molar-refractivity contribution in [1.29, 1.82) is 0 Å². The van der Waals surface area contributed by atoms with Crippen LogP contribution in [0.4, 0.5) is 0 Å². The van der Waals surface area contributed by atoms with E-state index in [9.17, 15) is 4.79 Å². The molecule has 1 aliphatic carbocycles. The number of halogens is 1. The van der Waals surface area contributed by atoms with Gasteiger partial charge in [0, 0.05) is 6.61 Å². The van der Waals surface area contributed by atoms with Gasteiger partial charge in [0.25, 0.3) is 0 Å². The Labute approximate surface area is 91.0 Å². The van der Waals surface area contributed by atoms with E-state index in [1.165, 1.54) is 19.3 Å². The standard InChI is InChI=1S/C11H19ClO2/c1-2-14-8-10(11(12)13)9-6-4-3-5-7-9/h9-10H,2-8H2,1H3. The lowest BCUT2D eigenvalue weighted by Crippen LogP contribution is -2.27. The average molecular weight is 219 g/mol. The molecular weight excluding hydrogens is 200 g/mol. The molecule has 0 amide bonds. The van der Waals surface area contributed by atoms with Crippen LogP contribution in [0.3, 0.4) is 0 Å². The Hall–Kier alpha value is -0.0800. The van der Waals surface area contributed by atoms with E-state index in [-0.39, 0.29) is 11.2 Å². The van der Waals surface area contributed by atoms with E-state index in [2.05, 4.69) is 0 Å². The Morgan fingerprint density at radius 1 is 1.43 bits per heavy atom. The monoisotopic (exact) mass is 218 g/mol. The van der Waals surface area contributed by atoms with Crippen LogP contribution in [0.1, 0.15) is 39.0 Å². The smallest absolute Gasteiger partial charge is 0.227 e. The van der Waals surface area contributed by atoms with E-state index in [1.54, 1.807) is 0 Å². The van der Waals surface area contributed by atoms with E-state index in [0.29, 0.717) is 19.1 Å². The van der Waals surface area contributed by atoms with Crippen molar-refractivity contribution in [2.75, 3.05) is 13.2 Å². The molecule has 0 radical (unpaired) electrons. The predicted molar refractivity (Wildman–Crippen MR) is 57.4 cm³/mol. The van der Waals surface area contributed by atoms with Crippen LogP contribution in [0.25, 0.3) is 0 Å². The lowest BCUT2D eigenvalue weighted by Gasteiger charge is -2.27. The fraction of sp³-hybridized carbons (Fsp3) is 0.909. The molecule has 3 heteroatoms. The molecule has 0 heterocycles. The van der Waals surface area contributed by atoms with E-state index < -0.39 is 0 Å². The Morgan fingerprint density at radius 3 is 2.57 bits per heavy atom. The molecule has 0 aromatic carbocycles. The fourth-order valence-corrected chi connectivity index (χ4v) is 2.41. The zero-order valence-electron chi connectivity index (χ0n) is 8.80. The van der Waals surface area contributed by atoms with Crippen LogP contribution < -0.4 is 0 Å². The third-order valence-electron chi connectivity index (χ3n) is 3.01. The van der Waals surface area contributed by atoms with Crippen LogP contribution >= 0.6 is 11.6 Å². The highest BCUT2D eigenvalue weighted by Crippen LogP contribution is 2.31. The van der Waals surface area contributed by atoms with Crippen molar-refractivity contribution in [3.8, 4) is 0 Å². The lowest BCUT2D eigenvalue weighted by molar-refractivity contribution is -0.119. The van der Waals surface area contributed by atoms with Crippen molar-refractivity contribution in [1.82, 2.24) is 0 Å². The second-order valence-electron chi connectivity index (χ2n) is 3.97. The van der Waals surface area contributed by atoms with Crippen LogP contribution in [0, 0.1) is 11.8 Å². The molecule has 1 aliphatic rings. The van der Waals surface area contributed by atoms with Crippen LogP contribution in [0.2, 0.25) is 0 Å². The maximum absolute atomic E-state index is 11.2. The van der Waals surface area contributed by atoms with Gasteiger partial charge in [-0.05, 0) is 37.3 Å². The lowest BCUT2D eigenvalue weighted by atomic mass is 9.81. The van der Waals surface area contributed by atoms with Crippen molar-refractivity contribution in [2.45, 2.75) is 39.0 Å².